The summed E-state index contributed by atoms with van der Waals surface area (Å²) in [5.41, 5.74) is 0.187. The first-order valence-corrected chi connectivity index (χ1v) is 3.66. The van der Waals surface area contributed by atoms with Gasteiger partial charge < -0.3 is 9.84 Å². The molecule has 0 bridgehead atoms. The Labute approximate surface area is 74.8 Å². The van der Waals surface area contributed by atoms with Crippen molar-refractivity contribution in [2.24, 2.45) is 0 Å². The molecule has 1 aromatic rings. The van der Waals surface area contributed by atoms with E-state index in [1.165, 1.54) is 18.2 Å². The van der Waals surface area contributed by atoms with Crippen LogP contribution in [-0.4, -0.2) is 18.2 Å². The van der Waals surface area contributed by atoms with Crippen LogP contribution in [0.3, 0.4) is 0 Å². The van der Waals surface area contributed by atoms with Crippen LogP contribution in [0.2, 0.25) is 0 Å². The van der Waals surface area contributed by atoms with Gasteiger partial charge in [-0.25, -0.2) is 9.18 Å². The Balaban J connectivity index is 2.88. The van der Waals surface area contributed by atoms with Crippen molar-refractivity contribution in [3.05, 3.63) is 35.6 Å². The van der Waals surface area contributed by atoms with Crippen molar-refractivity contribution >= 4 is 5.97 Å². The van der Waals surface area contributed by atoms with E-state index in [0.29, 0.717) is 0 Å². The normalized spacial score (nSPS) is 12.2. The molecule has 1 rings (SSSR count). The Morgan fingerprint density at radius 2 is 2.31 bits per heavy atom. The zero-order valence-corrected chi connectivity index (χ0v) is 7.03. The topological polar surface area (TPSA) is 46.5 Å². The molecular formula is C9H9FO3. The van der Waals surface area contributed by atoms with Crippen LogP contribution in [0.15, 0.2) is 24.3 Å². The largest absolute Gasteiger partial charge is 0.467 e. The number of aliphatic hydroxyl groups excluding tert-OH is 1. The minimum atomic E-state index is -1.42. The number of halogens is 1. The fraction of sp³-hybridized carbons (Fsp3) is 0.222. The molecule has 70 valence electrons. The lowest BCUT2D eigenvalue weighted by atomic mass is 10.1. The van der Waals surface area contributed by atoms with E-state index >= 15 is 0 Å². The second kappa shape index (κ2) is 4.00. The fourth-order valence-corrected chi connectivity index (χ4v) is 0.924. The van der Waals surface area contributed by atoms with E-state index in [0.717, 1.165) is 13.2 Å². The van der Waals surface area contributed by atoms with Crippen molar-refractivity contribution in [2.75, 3.05) is 7.11 Å². The van der Waals surface area contributed by atoms with Crippen LogP contribution >= 0.6 is 0 Å². The molecule has 0 saturated carbocycles. The Morgan fingerprint density at radius 3 is 2.85 bits per heavy atom. The van der Waals surface area contributed by atoms with Crippen molar-refractivity contribution in [3.8, 4) is 0 Å². The highest BCUT2D eigenvalue weighted by molar-refractivity contribution is 5.75. The molecule has 0 fully saturated rings. The molecule has 0 heterocycles. The molecule has 0 saturated heterocycles. The van der Waals surface area contributed by atoms with Gasteiger partial charge in [-0.15, -0.1) is 0 Å². The molecule has 0 aliphatic carbocycles. The van der Waals surface area contributed by atoms with Crippen molar-refractivity contribution in [3.63, 3.8) is 0 Å². The number of rotatable bonds is 2. The number of carbonyl (C=O) groups is 1. The molecule has 0 radical (unpaired) electrons. The van der Waals surface area contributed by atoms with Gasteiger partial charge in [-0.3, -0.25) is 0 Å². The maximum atomic E-state index is 12.6. The molecule has 0 aliphatic rings. The van der Waals surface area contributed by atoms with Crippen LogP contribution in [-0.2, 0) is 9.53 Å². The Bertz CT molecular complexity index is 311. The highest BCUT2D eigenvalue weighted by Gasteiger charge is 2.17. The van der Waals surface area contributed by atoms with Crippen LogP contribution in [0.25, 0.3) is 0 Å². The van der Waals surface area contributed by atoms with Gasteiger partial charge in [-0.1, -0.05) is 12.1 Å². The van der Waals surface area contributed by atoms with Crippen molar-refractivity contribution < 1.29 is 19.0 Å². The predicted molar refractivity (Wildman–Crippen MR) is 43.4 cm³/mol. The van der Waals surface area contributed by atoms with Crippen molar-refractivity contribution in [2.45, 2.75) is 6.10 Å². The highest BCUT2D eigenvalue weighted by atomic mass is 19.1. The van der Waals surface area contributed by atoms with Crippen LogP contribution in [0.4, 0.5) is 4.39 Å². The quantitative estimate of drug-likeness (QED) is 0.698. The average Bonchev–Trinajstić information content (AvgIpc) is 2.15. The third-order valence-electron chi connectivity index (χ3n) is 1.59. The number of hydrogen-bond donors (Lipinski definition) is 1. The van der Waals surface area contributed by atoms with E-state index in [1.54, 1.807) is 0 Å². The van der Waals surface area contributed by atoms with Crippen LogP contribution in [0, 0.1) is 5.82 Å². The monoisotopic (exact) mass is 184 g/mol. The number of methoxy groups -OCH3 is 1. The van der Waals surface area contributed by atoms with Crippen LogP contribution in [0.1, 0.15) is 11.7 Å². The number of hydrogen-bond acceptors (Lipinski definition) is 3. The molecule has 4 heteroatoms. The second-order valence-electron chi connectivity index (χ2n) is 2.48. The van der Waals surface area contributed by atoms with E-state index in [9.17, 15) is 14.3 Å². The van der Waals surface area contributed by atoms with E-state index in [1.807, 2.05) is 0 Å². The molecule has 1 unspecified atom stereocenters. The molecule has 1 aromatic carbocycles. The lowest BCUT2D eigenvalue weighted by Gasteiger charge is -2.07. The molecule has 1 atom stereocenters. The number of benzene rings is 1. The van der Waals surface area contributed by atoms with Gasteiger partial charge in [0.25, 0.3) is 0 Å². The predicted octanol–water partition coefficient (Wildman–Crippen LogP) is 1.03. The second-order valence-corrected chi connectivity index (χ2v) is 2.48. The van der Waals surface area contributed by atoms with Gasteiger partial charge in [0.1, 0.15) is 5.82 Å². The summed E-state index contributed by atoms with van der Waals surface area (Å²) in [4.78, 5) is 10.8. The first-order chi connectivity index (χ1) is 6.15. The Morgan fingerprint density at radius 1 is 1.62 bits per heavy atom. The molecular weight excluding hydrogens is 175 g/mol. The smallest absolute Gasteiger partial charge is 0.339 e. The maximum absolute atomic E-state index is 12.6. The van der Waals surface area contributed by atoms with E-state index < -0.39 is 17.9 Å². The number of aliphatic hydroxyl groups is 1. The summed E-state index contributed by atoms with van der Waals surface area (Å²) in [5.74, 6) is -1.30. The number of esters is 1. The molecule has 3 nitrogen and oxygen atoms in total. The van der Waals surface area contributed by atoms with Crippen molar-refractivity contribution in [1.29, 1.82) is 0 Å². The third-order valence-corrected chi connectivity index (χ3v) is 1.59. The molecule has 0 aromatic heterocycles. The zero-order chi connectivity index (χ0) is 9.84. The molecule has 0 amide bonds. The van der Waals surface area contributed by atoms with Gasteiger partial charge in [-0.2, -0.15) is 0 Å². The van der Waals surface area contributed by atoms with E-state index in [4.69, 9.17) is 0 Å². The summed E-state index contributed by atoms with van der Waals surface area (Å²) in [6, 6.07) is 5.18. The zero-order valence-electron chi connectivity index (χ0n) is 7.03. The van der Waals surface area contributed by atoms with Crippen LogP contribution in [0.5, 0.6) is 0 Å². The Hall–Kier alpha value is -1.42. The van der Waals surface area contributed by atoms with E-state index in [2.05, 4.69) is 4.74 Å². The summed E-state index contributed by atoms with van der Waals surface area (Å²) in [6.45, 7) is 0. The lowest BCUT2D eigenvalue weighted by Crippen LogP contribution is -2.13. The third kappa shape index (κ3) is 2.26. The highest BCUT2D eigenvalue weighted by Crippen LogP contribution is 2.14. The average molecular weight is 184 g/mol. The Kier molecular flexibility index (Phi) is 2.97. The SMILES string of the molecule is COC(=O)C(O)c1cccc(F)c1. The maximum Gasteiger partial charge on any atom is 0.339 e. The minimum absolute atomic E-state index is 0.187. The van der Waals surface area contributed by atoms with Gasteiger partial charge in [0, 0.05) is 0 Å². The fourth-order valence-electron chi connectivity index (χ4n) is 0.924. The van der Waals surface area contributed by atoms with E-state index in [-0.39, 0.29) is 5.56 Å². The molecule has 0 aliphatic heterocycles. The van der Waals surface area contributed by atoms with Gasteiger partial charge in [0.2, 0.25) is 0 Å². The van der Waals surface area contributed by atoms with Crippen molar-refractivity contribution in [1.82, 2.24) is 0 Å². The summed E-state index contributed by atoms with van der Waals surface area (Å²) in [6.07, 6.45) is -1.42. The first kappa shape index (κ1) is 9.67. The summed E-state index contributed by atoms with van der Waals surface area (Å²) >= 11 is 0. The summed E-state index contributed by atoms with van der Waals surface area (Å²) < 4.78 is 16.9. The minimum Gasteiger partial charge on any atom is -0.467 e. The van der Waals surface area contributed by atoms with Gasteiger partial charge in [0.15, 0.2) is 6.10 Å². The first-order valence-electron chi connectivity index (χ1n) is 3.66. The molecule has 1 N–H and O–H groups in total. The summed E-state index contributed by atoms with van der Waals surface area (Å²) in [7, 11) is 1.16. The molecule has 13 heavy (non-hydrogen) atoms. The summed E-state index contributed by atoms with van der Waals surface area (Å²) in [5, 5.41) is 9.27. The number of ether oxygens (including phenoxy) is 1. The van der Waals surface area contributed by atoms with Crippen LogP contribution < -0.4 is 0 Å². The molecule has 0 spiro atoms. The standard InChI is InChI=1S/C9H9FO3/c1-13-9(12)8(11)6-3-2-4-7(10)5-6/h2-5,8,11H,1H3. The van der Waals surface area contributed by atoms with Gasteiger partial charge in [-0.05, 0) is 17.7 Å². The number of carbonyl (C=O) groups excluding carboxylic acids is 1. The van der Waals surface area contributed by atoms with Gasteiger partial charge in [0.05, 0.1) is 7.11 Å². The lowest BCUT2D eigenvalue weighted by molar-refractivity contribution is -0.150. The van der Waals surface area contributed by atoms with Gasteiger partial charge >= 0.3 is 5.97 Å².